The van der Waals surface area contributed by atoms with E-state index in [1.165, 1.54) is 43.8 Å². The van der Waals surface area contributed by atoms with Crippen LogP contribution in [0.4, 0.5) is 0 Å². The SMILES string of the molecule is CCCCCCC[CH2][Al+2].[Cl-].[Cl-].[Cl-].[K+]. The summed E-state index contributed by atoms with van der Waals surface area (Å²) < 4.78 is 0. The molecule has 0 nitrogen and oxygen atoms in total. The number of halogens is 3. The molecule has 0 fully saturated rings. The van der Waals surface area contributed by atoms with Gasteiger partial charge in [0.15, 0.2) is 0 Å². The first kappa shape index (κ1) is 29.8. The van der Waals surface area contributed by atoms with E-state index in [4.69, 9.17) is 0 Å². The zero-order valence-electron chi connectivity index (χ0n) is 8.66. The number of hydrogen-bond donors (Lipinski definition) is 0. The molecule has 0 radical (unpaired) electrons. The molecule has 0 aromatic carbocycles. The van der Waals surface area contributed by atoms with Crippen LogP contribution in [0.25, 0.3) is 0 Å². The molecule has 0 aromatic heterocycles. The van der Waals surface area contributed by atoms with Gasteiger partial charge in [0.25, 0.3) is 0 Å². The summed E-state index contributed by atoms with van der Waals surface area (Å²) in [6.07, 6.45) is 8.51. The maximum atomic E-state index is 2.78. The molecule has 0 amide bonds. The average Bonchev–Trinajstić information content (AvgIpc) is 1.89. The number of hydrogen-bond acceptors (Lipinski definition) is 0. The van der Waals surface area contributed by atoms with Crippen molar-refractivity contribution in [2.24, 2.45) is 0 Å². The van der Waals surface area contributed by atoms with Gasteiger partial charge in [-0.1, -0.05) is 0 Å². The van der Waals surface area contributed by atoms with E-state index in [-0.39, 0.29) is 88.6 Å². The van der Waals surface area contributed by atoms with Crippen LogP contribution >= 0.6 is 0 Å². The molecular formula is C8H17AlCl3K. The van der Waals surface area contributed by atoms with Crippen molar-refractivity contribution < 1.29 is 88.6 Å². The van der Waals surface area contributed by atoms with E-state index in [0.717, 1.165) is 0 Å². The summed E-state index contributed by atoms with van der Waals surface area (Å²) in [7, 11) is 0. The predicted octanol–water partition coefficient (Wildman–Crippen LogP) is -9.05. The smallest absolute Gasteiger partial charge is 1.00 e. The molecule has 74 valence electrons. The van der Waals surface area contributed by atoms with E-state index in [2.05, 4.69) is 23.2 Å². The zero-order chi connectivity index (χ0) is 6.95. The van der Waals surface area contributed by atoms with Crippen molar-refractivity contribution in [1.82, 2.24) is 0 Å². The topological polar surface area (TPSA) is 0 Å². The Labute approximate surface area is 153 Å². The van der Waals surface area contributed by atoms with Gasteiger partial charge in [0.2, 0.25) is 0 Å². The summed E-state index contributed by atoms with van der Waals surface area (Å²) in [4.78, 5) is 0. The Morgan fingerprint density at radius 1 is 0.769 bits per heavy atom. The number of rotatable bonds is 6. The molecule has 0 aromatic rings. The maximum absolute atomic E-state index is 2.78. The van der Waals surface area contributed by atoms with Crippen LogP contribution in [0.2, 0.25) is 5.28 Å². The van der Waals surface area contributed by atoms with Crippen LogP contribution in [0.5, 0.6) is 0 Å². The van der Waals surface area contributed by atoms with Gasteiger partial charge in [0.1, 0.15) is 0 Å². The third-order valence-corrected chi connectivity index (χ3v) is 1.97. The van der Waals surface area contributed by atoms with Gasteiger partial charge in [0, 0.05) is 0 Å². The minimum atomic E-state index is 0. The Morgan fingerprint density at radius 2 is 1.15 bits per heavy atom. The Balaban J connectivity index is -0.0000000533. The number of unbranched alkanes of at least 4 members (excludes halogenated alkanes) is 5. The summed E-state index contributed by atoms with van der Waals surface area (Å²) >= 11 is 2.78. The van der Waals surface area contributed by atoms with Gasteiger partial charge in [-0.3, -0.25) is 0 Å². The van der Waals surface area contributed by atoms with Crippen LogP contribution in [-0.4, -0.2) is 16.3 Å². The van der Waals surface area contributed by atoms with E-state index in [1.54, 1.807) is 0 Å². The third kappa shape index (κ3) is 31.3. The van der Waals surface area contributed by atoms with E-state index in [9.17, 15) is 0 Å². The largest absolute Gasteiger partial charge is 1.00 e. The van der Waals surface area contributed by atoms with Crippen LogP contribution in [0, 0.1) is 0 Å². The van der Waals surface area contributed by atoms with Crippen molar-refractivity contribution >= 4 is 16.3 Å². The van der Waals surface area contributed by atoms with E-state index in [1.807, 2.05) is 0 Å². The van der Waals surface area contributed by atoms with E-state index < -0.39 is 0 Å². The average molecular weight is 286 g/mol. The second-order valence-electron chi connectivity index (χ2n) is 2.56. The second-order valence-corrected chi connectivity index (χ2v) is 3.13. The summed E-state index contributed by atoms with van der Waals surface area (Å²) in [5.74, 6) is 0. The normalized spacial score (nSPS) is 7.00. The molecule has 0 unspecified atom stereocenters. The van der Waals surface area contributed by atoms with Gasteiger partial charge in [-0.05, 0) is 0 Å². The maximum Gasteiger partial charge on any atom is 1.00 e. The predicted molar refractivity (Wildman–Crippen MR) is 43.9 cm³/mol. The van der Waals surface area contributed by atoms with Crippen LogP contribution in [0.15, 0.2) is 0 Å². The van der Waals surface area contributed by atoms with Gasteiger partial charge in [-0.2, -0.15) is 0 Å². The Kier molecular flexibility index (Phi) is 67.3. The van der Waals surface area contributed by atoms with Crippen molar-refractivity contribution in [3.63, 3.8) is 0 Å². The minimum Gasteiger partial charge on any atom is -1.00 e. The van der Waals surface area contributed by atoms with Gasteiger partial charge < -0.3 is 37.2 Å². The molecule has 0 N–H and O–H groups in total. The molecule has 0 aliphatic carbocycles. The van der Waals surface area contributed by atoms with Crippen molar-refractivity contribution in [2.45, 2.75) is 50.7 Å². The summed E-state index contributed by atoms with van der Waals surface area (Å²) in [5.41, 5.74) is 0. The summed E-state index contributed by atoms with van der Waals surface area (Å²) in [6.45, 7) is 2.26. The fourth-order valence-electron chi connectivity index (χ4n) is 0.925. The third-order valence-electron chi connectivity index (χ3n) is 1.56. The Bertz CT molecular complexity index is 52.7. The van der Waals surface area contributed by atoms with E-state index >= 15 is 0 Å². The molecule has 0 saturated carbocycles. The van der Waals surface area contributed by atoms with Crippen molar-refractivity contribution in [3.8, 4) is 0 Å². The molecule has 0 aliphatic rings. The fraction of sp³-hybridized carbons (Fsp3) is 1.00. The van der Waals surface area contributed by atoms with E-state index in [0.29, 0.717) is 0 Å². The van der Waals surface area contributed by atoms with Gasteiger partial charge in [-0.15, -0.1) is 0 Å². The van der Waals surface area contributed by atoms with Gasteiger partial charge in [-0.25, -0.2) is 0 Å². The van der Waals surface area contributed by atoms with Crippen molar-refractivity contribution in [2.75, 3.05) is 0 Å². The molecule has 0 aliphatic heterocycles. The fourth-order valence-corrected chi connectivity index (χ4v) is 1.21. The first-order valence-corrected chi connectivity index (χ1v) is 4.93. The standard InChI is InChI=1S/C8H17.Al.3ClH.K/c1-3-5-7-8-6-4-2;;;;;/h1,3-8H2,2H3;;3*1H;/q;+2;;;;+1/p-3. The molecule has 13 heavy (non-hydrogen) atoms. The Morgan fingerprint density at radius 3 is 1.54 bits per heavy atom. The molecule has 5 heteroatoms. The second kappa shape index (κ2) is 29.4. The molecule has 0 rings (SSSR count). The van der Waals surface area contributed by atoms with Crippen LogP contribution < -0.4 is 88.6 Å². The first-order chi connectivity index (χ1) is 4.41. The monoisotopic (exact) mass is 284 g/mol. The van der Waals surface area contributed by atoms with Gasteiger partial charge >= 0.3 is 118 Å². The van der Waals surface area contributed by atoms with Crippen molar-refractivity contribution in [3.05, 3.63) is 0 Å². The molecule has 0 heterocycles. The van der Waals surface area contributed by atoms with Crippen LogP contribution in [0.3, 0.4) is 0 Å². The summed E-state index contributed by atoms with van der Waals surface area (Å²) in [6, 6.07) is 0. The van der Waals surface area contributed by atoms with Crippen LogP contribution in [-0.2, 0) is 0 Å². The molecular weight excluding hydrogens is 269 g/mol. The van der Waals surface area contributed by atoms with Crippen molar-refractivity contribution in [1.29, 1.82) is 0 Å². The summed E-state index contributed by atoms with van der Waals surface area (Å²) in [5, 5.41) is 1.28. The zero-order valence-corrected chi connectivity index (χ0v) is 15.2. The Hall–Kier alpha value is 3.04. The minimum absolute atomic E-state index is 0. The molecule has 0 bridgehead atoms. The quantitative estimate of drug-likeness (QED) is 0.336. The van der Waals surface area contributed by atoms with Crippen LogP contribution in [0.1, 0.15) is 45.4 Å². The molecule has 0 atom stereocenters. The molecule has 0 saturated heterocycles. The molecule has 0 spiro atoms. The van der Waals surface area contributed by atoms with Gasteiger partial charge in [0.05, 0.1) is 0 Å². The first-order valence-electron chi connectivity index (χ1n) is 4.12.